The highest BCUT2D eigenvalue weighted by Gasteiger charge is 2.31. The van der Waals surface area contributed by atoms with Gasteiger partial charge in [0.15, 0.2) is 5.69 Å². The maximum Gasteiger partial charge on any atom is 0.356 e. The van der Waals surface area contributed by atoms with Crippen molar-refractivity contribution in [2.45, 2.75) is 39.3 Å². The molecule has 0 fully saturated rings. The number of carbonyl (C=O) groups is 2. The largest absolute Gasteiger partial charge is 0.476 e. The van der Waals surface area contributed by atoms with Crippen LogP contribution in [0.4, 0.5) is 4.79 Å². The Morgan fingerprint density at radius 3 is 2.46 bits per heavy atom. The van der Waals surface area contributed by atoms with Crippen molar-refractivity contribution in [3.05, 3.63) is 45.7 Å². The number of fused-ring (bicyclic) bond motifs is 1. The Balaban J connectivity index is 1.96. The second kappa shape index (κ2) is 6.75. The SMILES string of the molecule is CC(C)(C)NC(=O)N1CCc2c(c(C(=O)O)nn2-c2ccc(Br)cc2)C1. The second-order valence-electron chi connectivity index (χ2n) is 7.32. The standard InChI is InChI=1S/C18H21BrN4O3/c1-18(2,3)20-17(26)22-9-8-14-13(10-22)15(16(24)25)21-23(14)12-6-4-11(19)5-7-12/h4-7H,8-10H2,1-3H3,(H,20,26)(H,24,25). The number of hydrogen-bond acceptors (Lipinski definition) is 3. The minimum Gasteiger partial charge on any atom is -0.476 e. The summed E-state index contributed by atoms with van der Waals surface area (Å²) in [7, 11) is 0. The van der Waals surface area contributed by atoms with E-state index in [2.05, 4.69) is 26.3 Å². The van der Waals surface area contributed by atoms with Gasteiger partial charge in [0, 0.05) is 28.5 Å². The zero-order valence-corrected chi connectivity index (χ0v) is 16.5. The van der Waals surface area contributed by atoms with E-state index in [1.165, 1.54) is 0 Å². The van der Waals surface area contributed by atoms with Gasteiger partial charge in [-0.25, -0.2) is 14.3 Å². The van der Waals surface area contributed by atoms with Crippen LogP contribution in [0.15, 0.2) is 28.7 Å². The number of carboxylic acids is 1. The number of hydrogen-bond donors (Lipinski definition) is 2. The Kier molecular flexibility index (Phi) is 4.79. The second-order valence-corrected chi connectivity index (χ2v) is 8.23. The summed E-state index contributed by atoms with van der Waals surface area (Å²) in [5, 5.41) is 16.8. The molecule has 138 valence electrons. The van der Waals surface area contributed by atoms with Crippen LogP contribution in [0.3, 0.4) is 0 Å². The fourth-order valence-corrected chi connectivity index (χ4v) is 3.22. The van der Waals surface area contributed by atoms with Gasteiger partial charge >= 0.3 is 12.0 Å². The van der Waals surface area contributed by atoms with Crippen molar-refractivity contribution in [3.8, 4) is 5.69 Å². The maximum atomic E-state index is 12.5. The molecular weight excluding hydrogens is 400 g/mol. The summed E-state index contributed by atoms with van der Waals surface area (Å²) < 4.78 is 2.61. The van der Waals surface area contributed by atoms with Gasteiger partial charge in [-0.05, 0) is 45.0 Å². The monoisotopic (exact) mass is 420 g/mol. The quantitative estimate of drug-likeness (QED) is 0.780. The highest BCUT2D eigenvalue weighted by molar-refractivity contribution is 9.10. The zero-order valence-electron chi connectivity index (χ0n) is 14.9. The van der Waals surface area contributed by atoms with Crippen LogP contribution in [0, 0.1) is 0 Å². The Morgan fingerprint density at radius 1 is 1.23 bits per heavy atom. The van der Waals surface area contributed by atoms with Crippen molar-refractivity contribution in [3.63, 3.8) is 0 Å². The summed E-state index contributed by atoms with van der Waals surface area (Å²) in [5.41, 5.74) is 1.87. The number of rotatable bonds is 2. The van der Waals surface area contributed by atoms with Crippen molar-refractivity contribution < 1.29 is 14.7 Å². The molecule has 1 aliphatic heterocycles. The number of halogens is 1. The Morgan fingerprint density at radius 2 is 1.88 bits per heavy atom. The molecule has 0 aliphatic carbocycles. The molecule has 7 nitrogen and oxygen atoms in total. The predicted molar refractivity (Wildman–Crippen MR) is 101 cm³/mol. The van der Waals surface area contributed by atoms with Crippen molar-refractivity contribution in [2.75, 3.05) is 6.54 Å². The smallest absolute Gasteiger partial charge is 0.356 e. The third-order valence-corrected chi connectivity index (χ3v) is 4.63. The van der Waals surface area contributed by atoms with E-state index in [4.69, 9.17) is 0 Å². The Bertz CT molecular complexity index is 853. The highest BCUT2D eigenvalue weighted by atomic mass is 79.9. The topological polar surface area (TPSA) is 87.5 Å². The van der Waals surface area contributed by atoms with Crippen LogP contribution in [0.1, 0.15) is 42.5 Å². The molecule has 2 heterocycles. The summed E-state index contributed by atoms with van der Waals surface area (Å²) in [4.78, 5) is 25.8. The molecule has 2 N–H and O–H groups in total. The lowest BCUT2D eigenvalue weighted by Gasteiger charge is -2.31. The molecule has 26 heavy (non-hydrogen) atoms. The lowest BCUT2D eigenvalue weighted by atomic mass is 10.0. The summed E-state index contributed by atoms with van der Waals surface area (Å²) in [6.45, 7) is 6.48. The molecule has 0 spiro atoms. The first-order chi connectivity index (χ1) is 12.2. The first-order valence-corrected chi connectivity index (χ1v) is 9.12. The Hall–Kier alpha value is -2.35. The fourth-order valence-electron chi connectivity index (χ4n) is 2.96. The molecule has 0 atom stereocenters. The maximum absolute atomic E-state index is 12.5. The van der Waals surface area contributed by atoms with Crippen LogP contribution in [0.5, 0.6) is 0 Å². The van der Waals surface area contributed by atoms with Gasteiger partial charge in [-0.2, -0.15) is 5.10 Å². The van der Waals surface area contributed by atoms with Crippen molar-refractivity contribution in [2.24, 2.45) is 0 Å². The van der Waals surface area contributed by atoms with Gasteiger partial charge in [0.1, 0.15) is 0 Å². The first kappa shape index (κ1) is 18.4. The lowest BCUT2D eigenvalue weighted by Crippen LogP contribution is -2.49. The van der Waals surface area contributed by atoms with E-state index < -0.39 is 5.97 Å². The van der Waals surface area contributed by atoms with E-state index >= 15 is 0 Å². The summed E-state index contributed by atoms with van der Waals surface area (Å²) in [5.74, 6) is -1.09. The van der Waals surface area contributed by atoms with Gasteiger partial charge < -0.3 is 15.3 Å². The van der Waals surface area contributed by atoms with E-state index in [0.717, 1.165) is 15.9 Å². The van der Waals surface area contributed by atoms with Crippen LogP contribution >= 0.6 is 15.9 Å². The van der Waals surface area contributed by atoms with E-state index in [0.29, 0.717) is 18.5 Å². The third-order valence-electron chi connectivity index (χ3n) is 4.10. The number of carbonyl (C=O) groups excluding carboxylic acids is 1. The number of amides is 2. The third kappa shape index (κ3) is 3.75. The lowest BCUT2D eigenvalue weighted by molar-refractivity contribution is 0.0687. The number of nitrogens with zero attached hydrogens (tertiary/aromatic N) is 3. The van der Waals surface area contributed by atoms with Gasteiger partial charge in [0.25, 0.3) is 0 Å². The molecule has 0 unspecified atom stereocenters. The van der Waals surface area contributed by atoms with E-state index in [1.807, 2.05) is 45.0 Å². The van der Waals surface area contributed by atoms with Crippen molar-refractivity contribution >= 4 is 27.9 Å². The highest BCUT2D eigenvalue weighted by Crippen LogP contribution is 2.26. The minimum absolute atomic E-state index is 0.00354. The van der Waals surface area contributed by atoms with Gasteiger partial charge in [-0.15, -0.1) is 0 Å². The first-order valence-electron chi connectivity index (χ1n) is 8.33. The van der Waals surface area contributed by atoms with Crippen molar-refractivity contribution in [1.82, 2.24) is 20.0 Å². The van der Waals surface area contributed by atoms with Crippen LogP contribution in [0.2, 0.25) is 0 Å². The van der Waals surface area contributed by atoms with Gasteiger partial charge in [0.2, 0.25) is 0 Å². The molecule has 0 saturated heterocycles. The van der Waals surface area contributed by atoms with E-state index in [-0.39, 0.29) is 23.8 Å². The molecule has 3 rings (SSSR count). The summed E-state index contributed by atoms with van der Waals surface area (Å²) in [6.07, 6.45) is 0.545. The van der Waals surface area contributed by atoms with Gasteiger partial charge in [-0.3, -0.25) is 0 Å². The normalized spacial score (nSPS) is 14.1. The van der Waals surface area contributed by atoms with Gasteiger partial charge in [-0.1, -0.05) is 15.9 Å². The Labute approximate surface area is 160 Å². The average molecular weight is 421 g/mol. The van der Waals surface area contributed by atoms with E-state index in [1.54, 1.807) is 9.58 Å². The zero-order chi connectivity index (χ0) is 19.1. The van der Waals surface area contributed by atoms with Crippen LogP contribution in [-0.2, 0) is 13.0 Å². The number of aromatic carboxylic acids is 1. The van der Waals surface area contributed by atoms with Gasteiger partial charge in [0.05, 0.1) is 17.9 Å². The number of nitrogens with one attached hydrogen (secondary N) is 1. The number of aromatic nitrogens is 2. The van der Waals surface area contributed by atoms with Crippen LogP contribution in [-0.4, -0.2) is 43.9 Å². The summed E-state index contributed by atoms with van der Waals surface area (Å²) >= 11 is 3.39. The fraction of sp³-hybridized carbons (Fsp3) is 0.389. The van der Waals surface area contributed by atoms with Crippen LogP contribution < -0.4 is 5.32 Å². The number of benzene rings is 1. The molecule has 0 radical (unpaired) electrons. The summed E-state index contributed by atoms with van der Waals surface area (Å²) in [6, 6.07) is 7.32. The van der Waals surface area contributed by atoms with Crippen LogP contribution in [0.25, 0.3) is 5.69 Å². The average Bonchev–Trinajstić information content (AvgIpc) is 2.93. The molecule has 0 bridgehead atoms. The van der Waals surface area contributed by atoms with E-state index in [9.17, 15) is 14.7 Å². The molecule has 0 saturated carbocycles. The molecule has 2 aromatic rings. The minimum atomic E-state index is -1.09. The molecule has 1 aromatic carbocycles. The molecule has 8 heteroatoms. The van der Waals surface area contributed by atoms with Crippen molar-refractivity contribution in [1.29, 1.82) is 0 Å². The number of carboxylic acid groups (broad SMARTS) is 1. The molecule has 1 aromatic heterocycles. The number of urea groups is 1. The predicted octanol–water partition coefficient (Wildman–Crippen LogP) is 3.20. The molecule has 2 amide bonds. The molecular formula is C18H21BrN4O3. The molecule has 1 aliphatic rings.